The van der Waals surface area contributed by atoms with E-state index in [1.54, 1.807) is 4.90 Å². The highest BCUT2D eigenvalue weighted by Gasteiger charge is 2.55. The Balaban J connectivity index is 1.68. The Morgan fingerprint density at radius 3 is 2.77 bits per heavy atom. The molecule has 0 aromatic rings. The summed E-state index contributed by atoms with van der Waals surface area (Å²) >= 11 is 1.87. The summed E-state index contributed by atoms with van der Waals surface area (Å²) in [6, 6.07) is -0.0841. The van der Waals surface area contributed by atoms with Gasteiger partial charge in [-0.05, 0) is 43.6 Å². The van der Waals surface area contributed by atoms with Crippen LogP contribution in [0.25, 0.3) is 0 Å². The molecule has 0 aromatic heterocycles. The maximum Gasteiger partial charge on any atom is 0.317 e. The fraction of sp³-hybridized carbons (Fsp3) is 0.875. The van der Waals surface area contributed by atoms with Gasteiger partial charge in [0.2, 0.25) is 0 Å². The van der Waals surface area contributed by atoms with Crippen molar-refractivity contribution in [3.63, 3.8) is 0 Å². The Morgan fingerprint density at radius 2 is 2.09 bits per heavy atom. The molecular weight excluding hydrogens is 300 g/mol. The van der Waals surface area contributed by atoms with Crippen LogP contribution in [0.1, 0.15) is 44.9 Å². The van der Waals surface area contributed by atoms with Crippen molar-refractivity contribution in [1.82, 2.24) is 10.2 Å². The highest BCUT2D eigenvalue weighted by atomic mass is 32.2. The third kappa shape index (κ3) is 3.89. The van der Waals surface area contributed by atoms with Gasteiger partial charge in [-0.3, -0.25) is 4.79 Å². The number of aliphatic carboxylic acids is 1. The molecule has 2 atom stereocenters. The standard InChI is InChI=1S/C16H28N2O3S/c1-22-10-5-3-2-4-9-17-15(21)18-11-13-7-6-8-16(13,12-18)14(19)20/h13H,2-12H2,1H3,(H,17,21)(H,19,20)/t13-,16+/m0/s1. The third-order valence-electron chi connectivity index (χ3n) is 5.14. The van der Waals surface area contributed by atoms with Gasteiger partial charge >= 0.3 is 12.0 Å². The number of nitrogens with zero attached hydrogens (tertiary/aromatic N) is 1. The molecule has 0 radical (unpaired) electrons. The minimum absolute atomic E-state index is 0.0841. The van der Waals surface area contributed by atoms with Crippen LogP contribution in [0, 0.1) is 11.3 Å². The van der Waals surface area contributed by atoms with E-state index in [1.807, 2.05) is 11.8 Å². The van der Waals surface area contributed by atoms with E-state index in [-0.39, 0.29) is 11.9 Å². The molecule has 0 spiro atoms. The molecular formula is C16H28N2O3S. The first-order valence-corrected chi connectivity index (χ1v) is 9.74. The van der Waals surface area contributed by atoms with Crippen LogP contribution in [0.15, 0.2) is 0 Å². The van der Waals surface area contributed by atoms with Crippen molar-refractivity contribution in [1.29, 1.82) is 0 Å². The Kier molecular flexibility index (Phi) is 6.41. The lowest BCUT2D eigenvalue weighted by Gasteiger charge is -2.23. The summed E-state index contributed by atoms with van der Waals surface area (Å²) in [5, 5.41) is 12.5. The topological polar surface area (TPSA) is 69.6 Å². The summed E-state index contributed by atoms with van der Waals surface area (Å²) in [7, 11) is 0. The second kappa shape index (κ2) is 8.09. The number of amides is 2. The molecule has 2 rings (SSSR count). The van der Waals surface area contributed by atoms with Crippen LogP contribution in [0.4, 0.5) is 4.79 Å². The summed E-state index contributed by atoms with van der Waals surface area (Å²) in [5.74, 6) is 0.625. The van der Waals surface area contributed by atoms with E-state index in [0.717, 1.165) is 25.7 Å². The van der Waals surface area contributed by atoms with Crippen LogP contribution >= 0.6 is 11.8 Å². The van der Waals surface area contributed by atoms with Gasteiger partial charge in [0.1, 0.15) is 0 Å². The second-order valence-corrected chi connectivity index (χ2v) is 7.56. The lowest BCUT2D eigenvalue weighted by molar-refractivity contribution is -0.149. The molecule has 2 fully saturated rings. The number of hydrogen-bond donors (Lipinski definition) is 2. The molecule has 126 valence electrons. The molecule has 1 saturated heterocycles. The SMILES string of the molecule is CSCCCCCCNC(=O)N1C[C@@H]2CCC[C@@]2(C(=O)O)C1. The zero-order chi connectivity index (χ0) is 16.0. The van der Waals surface area contributed by atoms with Gasteiger partial charge in [-0.1, -0.05) is 19.3 Å². The normalized spacial score (nSPS) is 27.0. The predicted molar refractivity (Wildman–Crippen MR) is 89.2 cm³/mol. The Hall–Kier alpha value is -0.910. The number of carbonyl (C=O) groups is 2. The number of likely N-dealkylation sites (tertiary alicyclic amines) is 1. The molecule has 2 N–H and O–H groups in total. The van der Waals surface area contributed by atoms with Crippen molar-refractivity contribution < 1.29 is 14.7 Å². The largest absolute Gasteiger partial charge is 0.481 e. The van der Waals surface area contributed by atoms with Crippen LogP contribution < -0.4 is 5.32 Å². The first-order chi connectivity index (χ1) is 10.6. The molecule has 1 heterocycles. The van der Waals surface area contributed by atoms with Crippen molar-refractivity contribution in [3.05, 3.63) is 0 Å². The maximum absolute atomic E-state index is 12.2. The minimum Gasteiger partial charge on any atom is -0.481 e. The van der Waals surface area contributed by atoms with E-state index in [4.69, 9.17) is 0 Å². The molecule has 0 unspecified atom stereocenters. The third-order valence-corrected chi connectivity index (χ3v) is 5.83. The number of hydrogen-bond acceptors (Lipinski definition) is 3. The summed E-state index contributed by atoms with van der Waals surface area (Å²) in [5.41, 5.74) is -0.671. The number of carboxylic acids is 1. The monoisotopic (exact) mass is 328 g/mol. The molecule has 1 aliphatic carbocycles. The molecule has 1 aliphatic heterocycles. The minimum atomic E-state index is -0.723. The average molecular weight is 328 g/mol. The molecule has 5 nitrogen and oxygen atoms in total. The lowest BCUT2D eigenvalue weighted by Crippen LogP contribution is -2.41. The van der Waals surface area contributed by atoms with E-state index in [0.29, 0.717) is 26.1 Å². The van der Waals surface area contributed by atoms with Gasteiger partial charge in [0.15, 0.2) is 0 Å². The fourth-order valence-corrected chi connectivity index (χ4v) is 4.32. The summed E-state index contributed by atoms with van der Waals surface area (Å²) in [6.07, 6.45) is 9.34. The van der Waals surface area contributed by atoms with Crippen LogP contribution in [0.3, 0.4) is 0 Å². The van der Waals surface area contributed by atoms with Gasteiger partial charge in [-0.15, -0.1) is 0 Å². The number of carboxylic acid groups (broad SMARTS) is 1. The highest BCUT2D eigenvalue weighted by Crippen LogP contribution is 2.48. The zero-order valence-corrected chi connectivity index (χ0v) is 14.3. The van der Waals surface area contributed by atoms with Crippen molar-refractivity contribution >= 4 is 23.8 Å². The number of thioether (sulfide) groups is 1. The first kappa shape index (κ1) is 17.4. The number of carbonyl (C=O) groups excluding carboxylic acids is 1. The van der Waals surface area contributed by atoms with Crippen molar-refractivity contribution in [2.75, 3.05) is 31.6 Å². The average Bonchev–Trinajstić information content (AvgIpc) is 3.04. The number of unbranched alkanes of at least 4 members (excludes halogenated alkanes) is 3. The van der Waals surface area contributed by atoms with Gasteiger partial charge in [0.25, 0.3) is 0 Å². The van der Waals surface area contributed by atoms with Crippen LogP contribution in [0.5, 0.6) is 0 Å². The lowest BCUT2D eigenvalue weighted by atomic mass is 9.81. The smallest absolute Gasteiger partial charge is 0.317 e. The van der Waals surface area contributed by atoms with E-state index in [1.165, 1.54) is 18.6 Å². The molecule has 2 amide bonds. The van der Waals surface area contributed by atoms with Crippen LogP contribution in [0.2, 0.25) is 0 Å². The second-order valence-electron chi connectivity index (χ2n) is 6.57. The fourth-order valence-electron chi connectivity index (χ4n) is 3.83. The first-order valence-electron chi connectivity index (χ1n) is 8.35. The Morgan fingerprint density at radius 1 is 1.32 bits per heavy atom. The number of fused-ring (bicyclic) bond motifs is 1. The molecule has 6 heteroatoms. The van der Waals surface area contributed by atoms with Gasteiger partial charge in [-0.2, -0.15) is 11.8 Å². The molecule has 1 saturated carbocycles. The molecule has 2 aliphatic rings. The Labute approximate surface area is 137 Å². The van der Waals surface area contributed by atoms with Crippen molar-refractivity contribution in [2.24, 2.45) is 11.3 Å². The quantitative estimate of drug-likeness (QED) is 0.672. The number of rotatable bonds is 8. The molecule has 22 heavy (non-hydrogen) atoms. The molecule has 0 bridgehead atoms. The van der Waals surface area contributed by atoms with Gasteiger partial charge in [0, 0.05) is 19.6 Å². The number of urea groups is 1. The zero-order valence-electron chi connectivity index (χ0n) is 13.5. The van der Waals surface area contributed by atoms with Gasteiger partial charge in [0.05, 0.1) is 5.41 Å². The Bertz CT molecular complexity index is 405. The van der Waals surface area contributed by atoms with Crippen LogP contribution in [-0.4, -0.2) is 53.6 Å². The van der Waals surface area contributed by atoms with Crippen LogP contribution in [-0.2, 0) is 4.79 Å². The summed E-state index contributed by atoms with van der Waals surface area (Å²) < 4.78 is 0. The predicted octanol–water partition coefficient (Wildman–Crippen LogP) is 2.81. The van der Waals surface area contributed by atoms with Crippen molar-refractivity contribution in [2.45, 2.75) is 44.9 Å². The van der Waals surface area contributed by atoms with Gasteiger partial charge in [-0.25, -0.2) is 4.79 Å². The maximum atomic E-state index is 12.2. The molecule has 0 aromatic carbocycles. The van der Waals surface area contributed by atoms with E-state index < -0.39 is 11.4 Å². The van der Waals surface area contributed by atoms with Gasteiger partial charge < -0.3 is 15.3 Å². The van der Waals surface area contributed by atoms with E-state index in [2.05, 4.69) is 11.6 Å². The van der Waals surface area contributed by atoms with E-state index in [9.17, 15) is 14.7 Å². The van der Waals surface area contributed by atoms with E-state index >= 15 is 0 Å². The van der Waals surface area contributed by atoms with Crippen molar-refractivity contribution in [3.8, 4) is 0 Å². The highest BCUT2D eigenvalue weighted by molar-refractivity contribution is 7.98. The summed E-state index contributed by atoms with van der Waals surface area (Å²) in [6.45, 7) is 1.68. The summed E-state index contributed by atoms with van der Waals surface area (Å²) in [4.78, 5) is 25.5. The number of nitrogens with one attached hydrogen (secondary N) is 1.